The fourth-order valence-corrected chi connectivity index (χ4v) is 6.14. The number of nitrogens with zero attached hydrogens (tertiary/aromatic N) is 5. The minimum Gasteiger partial charge on any atom is -0.337 e. The minimum atomic E-state index is -3.74. The maximum absolute atomic E-state index is 13.6. The highest BCUT2D eigenvalue weighted by Gasteiger charge is 2.35. The molecule has 0 N–H and O–H groups in total. The van der Waals surface area contributed by atoms with E-state index < -0.39 is 10.0 Å². The van der Waals surface area contributed by atoms with E-state index in [1.54, 1.807) is 18.5 Å². The Morgan fingerprint density at radius 1 is 1.03 bits per heavy atom. The summed E-state index contributed by atoms with van der Waals surface area (Å²) in [5, 5.41) is 8.57. The van der Waals surface area contributed by atoms with Crippen molar-refractivity contribution in [3.05, 3.63) is 76.9 Å². The van der Waals surface area contributed by atoms with E-state index in [1.165, 1.54) is 4.31 Å². The second-order valence-electron chi connectivity index (χ2n) is 7.94. The van der Waals surface area contributed by atoms with E-state index in [0.29, 0.717) is 36.1 Å². The summed E-state index contributed by atoms with van der Waals surface area (Å²) in [5.74, 6) is 0.866. The maximum atomic E-state index is 13.6. The molecule has 164 valence electrons. The van der Waals surface area contributed by atoms with Crippen LogP contribution in [0.5, 0.6) is 0 Å². The molecule has 2 aromatic carbocycles. The van der Waals surface area contributed by atoms with E-state index >= 15 is 0 Å². The third-order valence-corrected chi connectivity index (χ3v) is 7.91. The van der Waals surface area contributed by atoms with Crippen LogP contribution in [0.3, 0.4) is 0 Å². The number of fused-ring (bicyclic) bond motifs is 1. The summed E-state index contributed by atoms with van der Waals surface area (Å²) in [4.78, 5) is 4.72. The summed E-state index contributed by atoms with van der Waals surface area (Å²) in [6.07, 6.45) is 0.700. The lowest BCUT2D eigenvalue weighted by molar-refractivity contribution is 0.364. The first-order valence-corrected chi connectivity index (χ1v) is 11.8. The summed E-state index contributed by atoms with van der Waals surface area (Å²) in [6.45, 7) is 6.07. The molecule has 0 radical (unpaired) electrons. The topological polar surface area (TPSA) is 94.1 Å². The van der Waals surface area contributed by atoms with Crippen LogP contribution in [0, 0.1) is 20.8 Å². The van der Waals surface area contributed by atoms with Crippen molar-refractivity contribution in [2.24, 2.45) is 0 Å². The zero-order chi connectivity index (χ0) is 22.5. The Labute approximate surface area is 186 Å². The van der Waals surface area contributed by atoms with Gasteiger partial charge < -0.3 is 4.52 Å². The molecule has 0 saturated carbocycles. The van der Waals surface area contributed by atoms with E-state index in [1.807, 2.05) is 55.5 Å². The van der Waals surface area contributed by atoms with Crippen molar-refractivity contribution in [2.45, 2.75) is 38.6 Å². The molecule has 0 fully saturated rings. The van der Waals surface area contributed by atoms with Gasteiger partial charge in [-0.2, -0.15) is 10.1 Å². The van der Waals surface area contributed by atoms with Gasteiger partial charge in [0.2, 0.25) is 11.7 Å². The molecule has 32 heavy (non-hydrogen) atoms. The number of hydrogen-bond acceptors (Lipinski definition) is 6. The highest BCUT2D eigenvalue weighted by molar-refractivity contribution is 7.93. The first-order chi connectivity index (χ1) is 15.4. The first-order valence-electron chi connectivity index (χ1n) is 10.4. The SMILES string of the molecule is Cc1ccccc1-c1noc(Cn2nc(C)c(S(=O)(=O)N3CCc4ccccc43)c2C)n1. The number of rotatable bonds is 5. The zero-order valence-electron chi connectivity index (χ0n) is 18.1. The Morgan fingerprint density at radius 3 is 2.59 bits per heavy atom. The van der Waals surface area contributed by atoms with E-state index in [0.717, 1.165) is 22.4 Å². The van der Waals surface area contributed by atoms with Gasteiger partial charge in [0, 0.05) is 12.1 Å². The summed E-state index contributed by atoms with van der Waals surface area (Å²) >= 11 is 0. The fraction of sp³-hybridized carbons (Fsp3) is 0.261. The van der Waals surface area contributed by atoms with Crippen LogP contribution in [0.25, 0.3) is 11.4 Å². The van der Waals surface area contributed by atoms with Crippen LogP contribution < -0.4 is 4.31 Å². The zero-order valence-corrected chi connectivity index (χ0v) is 18.9. The van der Waals surface area contributed by atoms with Crippen molar-refractivity contribution in [2.75, 3.05) is 10.8 Å². The maximum Gasteiger partial charge on any atom is 0.268 e. The molecule has 3 heterocycles. The van der Waals surface area contributed by atoms with Gasteiger partial charge >= 0.3 is 0 Å². The molecule has 0 aliphatic carbocycles. The van der Waals surface area contributed by atoms with E-state index in [9.17, 15) is 8.42 Å². The van der Waals surface area contributed by atoms with Crippen LogP contribution in [-0.2, 0) is 23.0 Å². The number of hydrogen-bond donors (Lipinski definition) is 0. The van der Waals surface area contributed by atoms with Crippen molar-refractivity contribution in [1.82, 2.24) is 19.9 Å². The third-order valence-electron chi connectivity index (χ3n) is 5.85. The normalized spacial score (nSPS) is 13.5. The molecule has 8 nitrogen and oxygen atoms in total. The lowest BCUT2D eigenvalue weighted by atomic mass is 10.1. The third kappa shape index (κ3) is 3.29. The van der Waals surface area contributed by atoms with Crippen LogP contribution in [0.1, 0.15) is 28.4 Å². The lowest BCUT2D eigenvalue weighted by Gasteiger charge is -2.19. The predicted molar refractivity (Wildman–Crippen MR) is 120 cm³/mol. The van der Waals surface area contributed by atoms with E-state index in [-0.39, 0.29) is 11.4 Å². The van der Waals surface area contributed by atoms with Crippen molar-refractivity contribution >= 4 is 15.7 Å². The van der Waals surface area contributed by atoms with Crippen molar-refractivity contribution in [3.63, 3.8) is 0 Å². The quantitative estimate of drug-likeness (QED) is 0.462. The highest BCUT2D eigenvalue weighted by Crippen LogP contribution is 2.34. The van der Waals surface area contributed by atoms with Gasteiger partial charge in [-0.05, 0) is 44.4 Å². The van der Waals surface area contributed by atoms with E-state index in [4.69, 9.17) is 4.52 Å². The van der Waals surface area contributed by atoms with Gasteiger partial charge in [0.05, 0.1) is 17.1 Å². The number of sulfonamides is 1. The predicted octanol–water partition coefficient (Wildman–Crippen LogP) is 3.66. The monoisotopic (exact) mass is 449 g/mol. The lowest BCUT2D eigenvalue weighted by Crippen LogP contribution is -2.30. The van der Waals surface area contributed by atoms with Crippen LogP contribution in [0.4, 0.5) is 5.69 Å². The van der Waals surface area contributed by atoms with Gasteiger partial charge in [0.1, 0.15) is 11.4 Å². The molecule has 0 atom stereocenters. The number of benzene rings is 2. The Morgan fingerprint density at radius 2 is 1.78 bits per heavy atom. The van der Waals surface area contributed by atoms with Crippen LogP contribution in [-0.4, -0.2) is 34.9 Å². The number of anilines is 1. The minimum absolute atomic E-state index is 0.192. The van der Waals surface area contributed by atoms with Crippen LogP contribution in [0.15, 0.2) is 57.9 Å². The molecule has 1 aliphatic rings. The Balaban J connectivity index is 1.46. The van der Waals surface area contributed by atoms with Crippen LogP contribution >= 0.6 is 0 Å². The molecule has 0 spiro atoms. The second-order valence-corrected chi connectivity index (χ2v) is 9.74. The van der Waals surface area contributed by atoms with E-state index in [2.05, 4.69) is 15.2 Å². The van der Waals surface area contributed by atoms with Gasteiger partial charge in [-0.1, -0.05) is 47.6 Å². The highest BCUT2D eigenvalue weighted by atomic mass is 32.2. The molecular weight excluding hydrogens is 426 g/mol. The molecule has 2 aromatic heterocycles. The Bertz CT molecular complexity index is 1420. The molecule has 1 aliphatic heterocycles. The molecule has 0 saturated heterocycles. The molecule has 0 unspecified atom stereocenters. The summed E-state index contributed by atoms with van der Waals surface area (Å²) in [7, 11) is -3.74. The Hall–Kier alpha value is -3.46. The molecule has 4 aromatic rings. The average molecular weight is 450 g/mol. The number of para-hydroxylation sites is 1. The van der Waals surface area contributed by atoms with Gasteiger partial charge in [-0.15, -0.1) is 0 Å². The standard InChI is InChI=1S/C23H23N5O3S/c1-15-8-4-6-10-19(15)23-24-21(31-26-23)14-27-17(3)22(16(2)25-27)32(29,30)28-13-12-18-9-5-7-11-20(18)28/h4-11H,12-14H2,1-3H3. The smallest absolute Gasteiger partial charge is 0.268 e. The van der Waals surface area contributed by atoms with Crippen molar-refractivity contribution < 1.29 is 12.9 Å². The molecule has 5 rings (SSSR count). The average Bonchev–Trinajstić information content (AvgIpc) is 3.47. The van der Waals surface area contributed by atoms with Crippen molar-refractivity contribution in [1.29, 1.82) is 0 Å². The number of aryl methyl sites for hydroxylation is 2. The molecular formula is C23H23N5O3S. The molecule has 0 bridgehead atoms. The molecule has 9 heteroatoms. The van der Waals surface area contributed by atoms with Crippen molar-refractivity contribution in [3.8, 4) is 11.4 Å². The number of aromatic nitrogens is 4. The van der Waals surface area contributed by atoms with Gasteiger partial charge in [0.25, 0.3) is 10.0 Å². The largest absolute Gasteiger partial charge is 0.337 e. The van der Waals surface area contributed by atoms with Gasteiger partial charge in [0.15, 0.2) is 0 Å². The van der Waals surface area contributed by atoms with Gasteiger partial charge in [-0.25, -0.2) is 8.42 Å². The summed E-state index contributed by atoms with van der Waals surface area (Å²) in [6, 6.07) is 15.4. The summed E-state index contributed by atoms with van der Waals surface area (Å²) < 4.78 is 35.6. The fourth-order valence-electron chi connectivity index (χ4n) is 4.26. The summed E-state index contributed by atoms with van der Waals surface area (Å²) in [5.41, 5.74) is 4.71. The first kappa shape index (κ1) is 20.4. The Kier molecular flexibility index (Phi) is 4.85. The van der Waals surface area contributed by atoms with Crippen LogP contribution in [0.2, 0.25) is 0 Å². The van der Waals surface area contributed by atoms with Gasteiger partial charge in [-0.3, -0.25) is 8.99 Å². The molecule has 0 amide bonds. The second kappa shape index (κ2) is 7.59.